The molecular weight excluding hydrogens is 256 g/mol. The molecule has 1 aliphatic heterocycles. The van der Waals surface area contributed by atoms with E-state index >= 15 is 0 Å². The summed E-state index contributed by atoms with van der Waals surface area (Å²) in [6, 6.07) is 0.504. The van der Waals surface area contributed by atoms with Gasteiger partial charge in [0.15, 0.2) is 0 Å². The van der Waals surface area contributed by atoms with Crippen LogP contribution in [-0.4, -0.2) is 29.5 Å². The molecule has 0 spiro atoms. The number of aliphatic hydroxyl groups excluding tert-OH is 1. The maximum absolute atomic E-state index is 9.93. The van der Waals surface area contributed by atoms with E-state index in [2.05, 4.69) is 29.1 Å². The molecular formula is C15H26N2OS. The van der Waals surface area contributed by atoms with Crippen molar-refractivity contribution in [1.29, 1.82) is 0 Å². The summed E-state index contributed by atoms with van der Waals surface area (Å²) in [5.41, 5.74) is 2.56. The molecule has 0 saturated heterocycles. The van der Waals surface area contributed by atoms with Gasteiger partial charge in [-0.1, -0.05) is 31.0 Å². The third-order valence-electron chi connectivity index (χ3n) is 3.74. The van der Waals surface area contributed by atoms with Gasteiger partial charge in [-0.25, -0.2) is 0 Å². The average Bonchev–Trinajstić information content (AvgIpc) is 2.43. The number of hydrogen-bond acceptors (Lipinski definition) is 4. The van der Waals surface area contributed by atoms with Crippen LogP contribution in [-0.2, 0) is 0 Å². The minimum atomic E-state index is -0.239. The van der Waals surface area contributed by atoms with Crippen LogP contribution in [0.2, 0.25) is 0 Å². The summed E-state index contributed by atoms with van der Waals surface area (Å²) in [5.74, 6) is 1.13. The highest BCUT2D eigenvalue weighted by atomic mass is 32.2. The number of allylic oxidation sites excluding steroid dienone is 2. The SMILES string of the molecule is CC/C=C\CCSNC1CNC2=C(CCCC2O)C1. The average molecular weight is 282 g/mol. The summed E-state index contributed by atoms with van der Waals surface area (Å²) in [7, 11) is 0. The highest BCUT2D eigenvalue weighted by molar-refractivity contribution is 7.97. The molecule has 0 fully saturated rings. The van der Waals surface area contributed by atoms with E-state index in [-0.39, 0.29) is 6.10 Å². The molecule has 2 atom stereocenters. The first-order chi connectivity index (χ1) is 9.31. The van der Waals surface area contributed by atoms with Gasteiger partial charge in [-0.15, -0.1) is 0 Å². The molecule has 0 saturated carbocycles. The second kappa shape index (κ2) is 7.98. The van der Waals surface area contributed by atoms with Gasteiger partial charge >= 0.3 is 0 Å². The Morgan fingerprint density at radius 2 is 2.37 bits per heavy atom. The van der Waals surface area contributed by atoms with Crippen molar-refractivity contribution < 1.29 is 5.11 Å². The molecule has 4 heteroatoms. The molecule has 2 aliphatic rings. The fourth-order valence-corrected chi connectivity index (χ4v) is 3.53. The Kier molecular flexibility index (Phi) is 6.28. The van der Waals surface area contributed by atoms with Gasteiger partial charge in [0.25, 0.3) is 0 Å². The Morgan fingerprint density at radius 3 is 3.21 bits per heavy atom. The number of rotatable bonds is 6. The molecule has 0 aromatic rings. The van der Waals surface area contributed by atoms with Crippen molar-refractivity contribution in [2.24, 2.45) is 0 Å². The monoisotopic (exact) mass is 282 g/mol. The summed E-state index contributed by atoms with van der Waals surface area (Å²) in [5, 5.41) is 13.4. The summed E-state index contributed by atoms with van der Waals surface area (Å²) < 4.78 is 3.55. The molecule has 1 heterocycles. The van der Waals surface area contributed by atoms with E-state index in [9.17, 15) is 5.11 Å². The van der Waals surface area contributed by atoms with Crippen LogP contribution in [0.4, 0.5) is 0 Å². The van der Waals surface area contributed by atoms with Gasteiger partial charge in [0.1, 0.15) is 0 Å². The molecule has 0 aromatic heterocycles. The Balaban J connectivity index is 1.69. The van der Waals surface area contributed by atoms with Crippen LogP contribution in [0.25, 0.3) is 0 Å². The number of aliphatic hydroxyl groups is 1. The highest BCUT2D eigenvalue weighted by Gasteiger charge is 2.27. The quantitative estimate of drug-likeness (QED) is 0.398. The lowest BCUT2D eigenvalue weighted by atomic mass is 9.87. The third kappa shape index (κ3) is 4.55. The van der Waals surface area contributed by atoms with Gasteiger partial charge in [0, 0.05) is 24.0 Å². The van der Waals surface area contributed by atoms with Crippen LogP contribution in [0.5, 0.6) is 0 Å². The summed E-state index contributed by atoms with van der Waals surface area (Å²) in [4.78, 5) is 0. The van der Waals surface area contributed by atoms with Gasteiger partial charge in [-0.2, -0.15) is 0 Å². The lowest BCUT2D eigenvalue weighted by molar-refractivity contribution is 0.174. The second-order valence-electron chi connectivity index (χ2n) is 5.34. The van der Waals surface area contributed by atoms with Crippen molar-refractivity contribution in [3.8, 4) is 0 Å². The maximum atomic E-state index is 9.93. The molecule has 1 aliphatic carbocycles. The lowest BCUT2D eigenvalue weighted by Gasteiger charge is -2.34. The van der Waals surface area contributed by atoms with Crippen molar-refractivity contribution in [3.05, 3.63) is 23.4 Å². The Labute approximate surface area is 121 Å². The standard InChI is InChI=1S/C15H26N2OS/c1-2-3-4-5-9-19-17-13-10-12-7-6-8-14(18)15(12)16-11-13/h3-4,13-14,16-18H,2,5-11H2,1H3/b4-3-. The first kappa shape index (κ1) is 14.9. The van der Waals surface area contributed by atoms with E-state index in [0.717, 1.165) is 56.5 Å². The zero-order chi connectivity index (χ0) is 13.5. The van der Waals surface area contributed by atoms with Crippen molar-refractivity contribution in [2.45, 2.75) is 57.6 Å². The van der Waals surface area contributed by atoms with Gasteiger partial charge in [0.05, 0.1) is 6.10 Å². The van der Waals surface area contributed by atoms with Crippen LogP contribution < -0.4 is 10.0 Å². The predicted octanol–water partition coefficient (Wildman–Crippen LogP) is 2.74. The van der Waals surface area contributed by atoms with E-state index in [4.69, 9.17) is 0 Å². The minimum absolute atomic E-state index is 0.239. The smallest absolute Gasteiger partial charge is 0.0934 e. The van der Waals surface area contributed by atoms with Crippen LogP contribution >= 0.6 is 11.9 Å². The topological polar surface area (TPSA) is 44.3 Å². The molecule has 19 heavy (non-hydrogen) atoms. The number of nitrogens with one attached hydrogen (secondary N) is 2. The largest absolute Gasteiger partial charge is 0.387 e. The van der Waals surface area contributed by atoms with Gasteiger partial charge in [-0.05, 0) is 44.1 Å². The molecule has 108 valence electrons. The predicted molar refractivity (Wildman–Crippen MR) is 82.9 cm³/mol. The summed E-state index contributed by atoms with van der Waals surface area (Å²) in [6.07, 6.45) is 10.8. The third-order valence-corrected chi connectivity index (χ3v) is 4.68. The van der Waals surface area contributed by atoms with Crippen LogP contribution in [0.15, 0.2) is 23.4 Å². The molecule has 2 unspecified atom stereocenters. The molecule has 0 radical (unpaired) electrons. The van der Waals surface area contributed by atoms with Gasteiger partial charge in [-0.3, -0.25) is 4.72 Å². The Bertz CT molecular complexity index is 341. The lowest BCUT2D eigenvalue weighted by Crippen LogP contribution is -2.43. The first-order valence-electron chi connectivity index (χ1n) is 7.47. The highest BCUT2D eigenvalue weighted by Crippen LogP contribution is 2.29. The summed E-state index contributed by atoms with van der Waals surface area (Å²) >= 11 is 1.82. The molecule has 2 rings (SSSR count). The van der Waals surface area contributed by atoms with Crippen molar-refractivity contribution >= 4 is 11.9 Å². The Morgan fingerprint density at radius 1 is 1.47 bits per heavy atom. The minimum Gasteiger partial charge on any atom is -0.387 e. The molecule has 0 amide bonds. The van der Waals surface area contributed by atoms with Crippen LogP contribution in [0, 0.1) is 0 Å². The molecule has 3 nitrogen and oxygen atoms in total. The van der Waals surface area contributed by atoms with Crippen LogP contribution in [0.3, 0.4) is 0 Å². The molecule has 0 aromatic carbocycles. The fraction of sp³-hybridized carbons (Fsp3) is 0.733. The number of hydrogen-bond donors (Lipinski definition) is 3. The van der Waals surface area contributed by atoms with E-state index < -0.39 is 0 Å². The van der Waals surface area contributed by atoms with Crippen molar-refractivity contribution in [1.82, 2.24) is 10.0 Å². The second-order valence-corrected chi connectivity index (χ2v) is 6.27. The normalized spacial score (nSPS) is 27.5. The van der Waals surface area contributed by atoms with E-state index in [0.29, 0.717) is 6.04 Å². The zero-order valence-electron chi connectivity index (χ0n) is 11.8. The van der Waals surface area contributed by atoms with Gasteiger partial charge < -0.3 is 10.4 Å². The molecule has 0 bridgehead atoms. The van der Waals surface area contributed by atoms with Crippen molar-refractivity contribution in [3.63, 3.8) is 0 Å². The maximum Gasteiger partial charge on any atom is 0.0934 e. The van der Waals surface area contributed by atoms with Crippen LogP contribution in [0.1, 0.15) is 45.4 Å². The molecule has 3 N–H and O–H groups in total. The van der Waals surface area contributed by atoms with Gasteiger partial charge in [0.2, 0.25) is 0 Å². The van der Waals surface area contributed by atoms with Crippen molar-refractivity contribution in [2.75, 3.05) is 12.3 Å². The van der Waals surface area contributed by atoms with E-state index in [1.165, 1.54) is 5.57 Å². The zero-order valence-corrected chi connectivity index (χ0v) is 12.6. The Hall–Kier alpha value is -0.450. The van der Waals surface area contributed by atoms with E-state index in [1.54, 1.807) is 0 Å². The van der Waals surface area contributed by atoms with E-state index in [1.807, 2.05) is 11.9 Å². The first-order valence-corrected chi connectivity index (χ1v) is 8.46. The summed E-state index contributed by atoms with van der Waals surface area (Å²) in [6.45, 7) is 3.10. The fourth-order valence-electron chi connectivity index (χ4n) is 2.75.